The molecule has 126 valence electrons. The lowest BCUT2D eigenvalue weighted by molar-refractivity contribution is 0.0743. The summed E-state index contributed by atoms with van der Waals surface area (Å²) in [5, 5.41) is 2.55. The van der Waals surface area contributed by atoms with Crippen LogP contribution in [-0.2, 0) is 0 Å². The van der Waals surface area contributed by atoms with Gasteiger partial charge in [0, 0.05) is 29.9 Å². The minimum atomic E-state index is -0.135. The van der Waals surface area contributed by atoms with Gasteiger partial charge in [-0.1, -0.05) is 24.3 Å². The first-order valence-electron chi connectivity index (χ1n) is 8.01. The number of rotatable bonds is 5. The molecule has 1 heterocycles. The lowest BCUT2D eigenvalue weighted by atomic mass is 10.1. The number of hydrogen-bond donors (Lipinski definition) is 0. The summed E-state index contributed by atoms with van der Waals surface area (Å²) in [6.07, 6.45) is 0. The van der Waals surface area contributed by atoms with E-state index in [1.165, 1.54) is 0 Å². The SMILES string of the molecule is CCN(CC)C(=O)c1cc2c(OC)c3ccccc3c(OC)c2o1. The molecule has 3 aromatic rings. The second kappa shape index (κ2) is 6.43. The summed E-state index contributed by atoms with van der Waals surface area (Å²) >= 11 is 0. The van der Waals surface area contributed by atoms with Gasteiger partial charge in [-0.3, -0.25) is 4.79 Å². The lowest BCUT2D eigenvalue weighted by Gasteiger charge is -2.16. The van der Waals surface area contributed by atoms with Crippen molar-refractivity contribution in [2.75, 3.05) is 27.3 Å². The second-order valence-electron chi connectivity index (χ2n) is 5.44. The van der Waals surface area contributed by atoms with Crippen molar-refractivity contribution in [2.45, 2.75) is 13.8 Å². The highest BCUT2D eigenvalue weighted by Crippen LogP contribution is 2.43. The molecule has 2 aromatic carbocycles. The van der Waals surface area contributed by atoms with Crippen molar-refractivity contribution in [3.8, 4) is 11.5 Å². The summed E-state index contributed by atoms with van der Waals surface area (Å²) in [5.74, 6) is 1.45. The molecule has 5 heteroatoms. The second-order valence-corrected chi connectivity index (χ2v) is 5.44. The number of ether oxygens (including phenoxy) is 2. The number of fused-ring (bicyclic) bond motifs is 2. The summed E-state index contributed by atoms with van der Waals surface area (Å²) in [6.45, 7) is 5.14. The van der Waals surface area contributed by atoms with Crippen LogP contribution in [0.1, 0.15) is 24.4 Å². The normalized spacial score (nSPS) is 11.0. The molecule has 0 saturated heterocycles. The highest BCUT2D eigenvalue weighted by Gasteiger charge is 2.23. The van der Waals surface area contributed by atoms with Gasteiger partial charge in [-0.05, 0) is 13.8 Å². The fourth-order valence-electron chi connectivity index (χ4n) is 3.07. The molecule has 0 saturated carbocycles. The molecule has 0 aliphatic heterocycles. The van der Waals surface area contributed by atoms with Crippen LogP contribution in [0, 0.1) is 0 Å². The fraction of sp³-hybridized carbons (Fsp3) is 0.316. The van der Waals surface area contributed by atoms with Gasteiger partial charge in [-0.25, -0.2) is 0 Å². The monoisotopic (exact) mass is 327 g/mol. The Hall–Kier alpha value is -2.69. The first-order chi connectivity index (χ1) is 11.7. The highest BCUT2D eigenvalue weighted by molar-refractivity contribution is 6.11. The first kappa shape index (κ1) is 16.2. The molecule has 0 bridgehead atoms. The molecular formula is C19H21NO4. The Morgan fingerprint density at radius 1 is 1.00 bits per heavy atom. The molecule has 1 amide bonds. The highest BCUT2D eigenvalue weighted by atomic mass is 16.5. The molecular weight excluding hydrogens is 306 g/mol. The molecule has 24 heavy (non-hydrogen) atoms. The van der Waals surface area contributed by atoms with Crippen LogP contribution in [0.2, 0.25) is 0 Å². The van der Waals surface area contributed by atoms with E-state index in [0.717, 1.165) is 16.2 Å². The topological polar surface area (TPSA) is 51.9 Å². The Balaban J connectivity index is 2.32. The average molecular weight is 327 g/mol. The Morgan fingerprint density at radius 3 is 2.12 bits per heavy atom. The van der Waals surface area contributed by atoms with Crippen molar-refractivity contribution >= 4 is 27.6 Å². The number of methoxy groups -OCH3 is 2. The Morgan fingerprint density at radius 2 is 1.58 bits per heavy atom. The van der Waals surface area contributed by atoms with Gasteiger partial charge >= 0.3 is 0 Å². The van der Waals surface area contributed by atoms with Crippen molar-refractivity contribution in [1.82, 2.24) is 4.90 Å². The zero-order chi connectivity index (χ0) is 17.3. The third-order valence-corrected chi connectivity index (χ3v) is 4.27. The number of hydrogen-bond acceptors (Lipinski definition) is 4. The van der Waals surface area contributed by atoms with E-state index in [0.29, 0.717) is 35.9 Å². The van der Waals surface area contributed by atoms with Gasteiger partial charge in [0.2, 0.25) is 0 Å². The number of furan rings is 1. The Kier molecular flexibility index (Phi) is 4.34. The van der Waals surface area contributed by atoms with E-state index in [1.54, 1.807) is 25.2 Å². The molecule has 0 aliphatic carbocycles. The van der Waals surface area contributed by atoms with Crippen LogP contribution in [0.3, 0.4) is 0 Å². The standard InChI is InChI=1S/C19H21NO4/c1-5-20(6-2)19(21)15-11-14-16(22-3)12-9-7-8-10-13(12)17(23-4)18(14)24-15/h7-11H,5-6H2,1-4H3. The maximum absolute atomic E-state index is 12.6. The van der Waals surface area contributed by atoms with E-state index in [-0.39, 0.29) is 5.91 Å². The van der Waals surface area contributed by atoms with Gasteiger partial charge in [0.25, 0.3) is 5.91 Å². The van der Waals surface area contributed by atoms with Crippen molar-refractivity contribution in [2.24, 2.45) is 0 Å². The van der Waals surface area contributed by atoms with Crippen LogP contribution in [0.4, 0.5) is 0 Å². The maximum atomic E-state index is 12.6. The summed E-state index contributed by atoms with van der Waals surface area (Å²) < 4.78 is 17.1. The molecule has 0 spiro atoms. The third-order valence-electron chi connectivity index (χ3n) is 4.27. The summed E-state index contributed by atoms with van der Waals surface area (Å²) in [4.78, 5) is 14.3. The van der Waals surface area contributed by atoms with E-state index in [4.69, 9.17) is 13.9 Å². The number of carbonyl (C=O) groups excluding carboxylic acids is 1. The predicted molar refractivity (Wildman–Crippen MR) is 94.1 cm³/mol. The predicted octanol–water partition coefficient (Wildman–Crippen LogP) is 4.09. The first-order valence-corrected chi connectivity index (χ1v) is 8.01. The summed E-state index contributed by atoms with van der Waals surface area (Å²) in [6, 6.07) is 9.53. The van der Waals surface area contributed by atoms with Crippen molar-refractivity contribution in [3.63, 3.8) is 0 Å². The van der Waals surface area contributed by atoms with E-state index >= 15 is 0 Å². The third kappa shape index (κ3) is 2.37. The van der Waals surface area contributed by atoms with Crippen LogP contribution in [0.15, 0.2) is 34.7 Å². The molecule has 0 atom stereocenters. The molecule has 0 aliphatic rings. The van der Waals surface area contributed by atoms with Gasteiger partial charge in [0.05, 0.1) is 19.6 Å². The molecule has 0 unspecified atom stereocenters. The smallest absolute Gasteiger partial charge is 0.289 e. The van der Waals surface area contributed by atoms with E-state index in [2.05, 4.69) is 0 Å². The van der Waals surface area contributed by atoms with Crippen LogP contribution in [-0.4, -0.2) is 38.1 Å². The fourth-order valence-corrected chi connectivity index (χ4v) is 3.07. The molecule has 3 rings (SSSR count). The largest absolute Gasteiger partial charge is 0.495 e. The van der Waals surface area contributed by atoms with E-state index in [1.807, 2.05) is 38.1 Å². The summed E-state index contributed by atoms with van der Waals surface area (Å²) in [5.41, 5.74) is 0.531. The van der Waals surface area contributed by atoms with Crippen LogP contribution >= 0.6 is 0 Å². The number of carbonyl (C=O) groups is 1. The molecule has 0 N–H and O–H groups in total. The van der Waals surface area contributed by atoms with Crippen LogP contribution < -0.4 is 9.47 Å². The molecule has 0 radical (unpaired) electrons. The molecule has 1 aromatic heterocycles. The Labute approximate surface area is 140 Å². The van der Waals surface area contributed by atoms with E-state index in [9.17, 15) is 4.79 Å². The van der Waals surface area contributed by atoms with Crippen molar-refractivity contribution < 1.29 is 18.7 Å². The molecule has 0 fully saturated rings. The lowest BCUT2D eigenvalue weighted by Crippen LogP contribution is -2.30. The van der Waals surface area contributed by atoms with Crippen molar-refractivity contribution in [1.29, 1.82) is 0 Å². The molecule has 5 nitrogen and oxygen atoms in total. The maximum Gasteiger partial charge on any atom is 0.289 e. The zero-order valence-electron chi connectivity index (χ0n) is 14.4. The average Bonchev–Trinajstić information content (AvgIpc) is 3.05. The number of benzene rings is 2. The van der Waals surface area contributed by atoms with Gasteiger partial charge in [-0.15, -0.1) is 0 Å². The van der Waals surface area contributed by atoms with Gasteiger partial charge in [0.15, 0.2) is 17.1 Å². The van der Waals surface area contributed by atoms with Crippen LogP contribution in [0.5, 0.6) is 11.5 Å². The van der Waals surface area contributed by atoms with Gasteiger partial charge in [0.1, 0.15) is 5.75 Å². The van der Waals surface area contributed by atoms with Crippen LogP contribution in [0.25, 0.3) is 21.7 Å². The Bertz CT molecular complexity index is 833. The number of nitrogens with zero attached hydrogens (tertiary/aromatic N) is 1. The summed E-state index contributed by atoms with van der Waals surface area (Å²) in [7, 11) is 3.22. The van der Waals surface area contributed by atoms with Gasteiger partial charge < -0.3 is 18.8 Å². The number of amides is 1. The minimum absolute atomic E-state index is 0.135. The van der Waals surface area contributed by atoms with E-state index < -0.39 is 0 Å². The zero-order valence-corrected chi connectivity index (χ0v) is 14.4. The quantitative estimate of drug-likeness (QED) is 0.708. The van der Waals surface area contributed by atoms with Gasteiger partial charge in [-0.2, -0.15) is 0 Å². The van der Waals surface area contributed by atoms with Crippen molar-refractivity contribution in [3.05, 3.63) is 36.1 Å². The minimum Gasteiger partial charge on any atom is -0.495 e.